The van der Waals surface area contributed by atoms with Crippen LogP contribution in [-0.2, 0) is 15.7 Å². The quantitative estimate of drug-likeness (QED) is 0.581. The molecule has 31 heavy (non-hydrogen) atoms. The third-order valence-electron chi connectivity index (χ3n) is 4.94. The molecule has 1 amide bonds. The Kier molecular flexibility index (Phi) is 7.84. The third-order valence-corrected chi connectivity index (χ3v) is 4.94. The van der Waals surface area contributed by atoms with Crippen LogP contribution in [0.5, 0.6) is 0 Å². The van der Waals surface area contributed by atoms with Crippen molar-refractivity contribution in [2.45, 2.75) is 52.1 Å². The molecule has 0 aliphatic heterocycles. The standard InChI is InChI=1S/C23H26F3NO4/c1-13(2)20(31-15(4)17-9-11-19(12-10-17)23(24,25)26)21(28)27-14(3)16-5-7-18(8-6-16)22(29)30/h5-15,20H,1-4H3,(H,27,28)(H,29,30). The maximum Gasteiger partial charge on any atom is 0.416 e. The third kappa shape index (κ3) is 6.55. The molecular weight excluding hydrogens is 411 g/mol. The Morgan fingerprint density at radius 2 is 1.42 bits per heavy atom. The zero-order chi connectivity index (χ0) is 23.3. The molecule has 3 unspecified atom stereocenters. The van der Waals surface area contributed by atoms with E-state index in [4.69, 9.17) is 9.84 Å². The molecule has 0 fully saturated rings. The van der Waals surface area contributed by atoms with Gasteiger partial charge < -0.3 is 15.2 Å². The molecule has 0 heterocycles. The fourth-order valence-corrected chi connectivity index (χ4v) is 3.06. The first-order valence-electron chi connectivity index (χ1n) is 9.86. The smallest absolute Gasteiger partial charge is 0.416 e. The number of carbonyl (C=O) groups is 2. The van der Waals surface area contributed by atoms with Crippen molar-refractivity contribution in [2.24, 2.45) is 5.92 Å². The van der Waals surface area contributed by atoms with Gasteiger partial charge >= 0.3 is 12.1 Å². The van der Waals surface area contributed by atoms with Gasteiger partial charge in [0.25, 0.3) is 0 Å². The van der Waals surface area contributed by atoms with E-state index in [1.807, 2.05) is 13.8 Å². The van der Waals surface area contributed by atoms with E-state index in [-0.39, 0.29) is 23.4 Å². The SMILES string of the molecule is CC(NC(=O)C(OC(C)c1ccc(C(F)(F)F)cc1)C(C)C)c1ccc(C(=O)O)cc1. The second kappa shape index (κ2) is 9.96. The van der Waals surface area contributed by atoms with Crippen molar-refractivity contribution in [3.63, 3.8) is 0 Å². The number of hydrogen-bond donors (Lipinski definition) is 2. The molecule has 0 saturated carbocycles. The summed E-state index contributed by atoms with van der Waals surface area (Å²) in [5.41, 5.74) is 0.667. The number of amides is 1. The normalized spacial score (nSPS) is 14.7. The van der Waals surface area contributed by atoms with Crippen molar-refractivity contribution in [1.29, 1.82) is 0 Å². The van der Waals surface area contributed by atoms with Crippen LogP contribution in [0.4, 0.5) is 13.2 Å². The Morgan fingerprint density at radius 1 is 0.903 bits per heavy atom. The minimum Gasteiger partial charge on any atom is -0.478 e. The average Bonchev–Trinajstić information content (AvgIpc) is 2.70. The number of alkyl halides is 3. The summed E-state index contributed by atoms with van der Waals surface area (Å²) >= 11 is 0. The highest BCUT2D eigenvalue weighted by Crippen LogP contribution is 2.31. The van der Waals surface area contributed by atoms with Gasteiger partial charge in [-0.25, -0.2) is 4.79 Å². The minimum atomic E-state index is -4.41. The van der Waals surface area contributed by atoms with E-state index >= 15 is 0 Å². The van der Waals surface area contributed by atoms with Crippen molar-refractivity contribution in [3.8, 4) is 0 Å². The van der Waals surface area contributed by atoms with Gasteiger partial charge in [0.2, 0.25) is 5.91 Å². The first kappa shape index (κ1) is 24.4. The highest BCUT2D eigenvalue weighted by Gasteiger charge is 2.31. The van der Waals surface area contributed by atoms with E-state index in [1.54, 1.807) is 26.0 Å². The van der Waals surface area contributed by atoms with Gasteiger partial charge in [-0.2, -0.15) is 13.2 Å². The Balaban J connectivity index is 2.06. The molecule has 2 aromatic carbocycles. The highest BCUT2D eigenvalue weighted by atomic mass is 19.4. The van der Waals surface area contributed by atoms with Crippen LogP contribution in [0.2, 0.25) is 0 Å². The maximum absolute atomic E-state index is 12.8. The van der Waals surface area contributed by atoms with E-state index < -0.39 is 29.9 Å². The lowest BCUT2D eigenvalue weighted by atomic mass is 10.0. The fraction of sp³-hybridized carbons (Fsp3) is 0.391. The van der Waals surface area contributed by atoms with E-state index in [0.29, 0.717) is 5.56 Å². The first-order chi connectivity index (χ1) is 14.4. The van der Waals surface area contributed by atoms with Crippen molar-refractivity contribution >= 4 is 11.9 Å². The van der Waals surface area contributed by atoms with Crippen LogP contribution in [0, 0.1) is 5.92 Å². The summed E-state index contributed by atoms with van der Waals surface area (Å²) in [7, 11) is 0. The van der Waals surface area contributed by atoms with Gasteiger partial charge in [-0.05, 0) is 55.2 Å². The van der Waals surface area contributed by atoms with Crippen LogP contribution in [0.1, 0.15) is 66.9 Å². The number of rotatable bonds is 8. The highest BCUT2D eigenvalue weighted by molar-refractivity contribution is 5.87. The zero-order valence-corrected chi connectivity index (χ0v) is 17.7. The molecule has 2 rings (SSSR count). The van der Waals surface area contributed by atoms with Crippen LogP contribution in [-0.4, -0.2) is 23.1 Å². The maximum atomic E-state index is 12.8. The fourth-order valence-electron chi connectivity index (χ4n) is 3.06. The lowest BCUT2D eigenvalue weighted by molar-refractivity contribution is -0.140. The van der Waals surface area contributed by atoms with Crippen LogP contribution in [0.25, 0.3) is 0 Å². The minimum absolute atomic E-state index is 0.149. The van der Waals surface area contributed by atoms with Crippen molar-refractivity contribution in [1.82, 2.24) is 5.32 Å². The van der Waals surface area contributed by atoms with Crippen LogP contribution in [0.3, 0.4) is 0 Å². The van der Waals surface area contributed by atoms with Gasteiger partial charge in [-0.1, -0.05) is 38.1 Å². The van der Waals surface area contributed by atoms with Crippen LogP contribution in [0.15, 0.2) is 48.5 Å². The van der Waals surface area contributed by atoms with Crippen LogP contribution >= 0.6 is 0 Å². The van der Waals surface area contributed by atoms with Crippen molar-refractivity contribution < 1.29 is 32.6 Å². The largest absolute Gasteiger partial charge is 0.478 e. The molecule has 0 spiro atoms. The predicted molar refractivity (Wildman–Crippen MR) is 110 cm³/mol. The lowest BCUT2D eigenvalue weighted by Crippen LogP contribution is -2.41. The number of benzene rings is 2. The zero-order valence-electron chi connectivity index (χ0n) is 17.7. The number of carboxylic acids is 1. The van der Waals surface area contributed by atoms with Gasteiger partial charge in [0.15, 0.2) is 0 Å². The molecule has 0 aliphatic rings. The van der Waals surface area contributed by atoms with E-state index in [0.717, 1.165) is 17.7 Å². The number of aromatic carboxylic acids is 1. The van der Waals surface area contributed by atoms with E-state index in [9.17, 15) is 22.8 Å². The molecule has 2 N–H and O–H groups in total. The topological polar surface area (TPSA) is 75.6 Å². The molecule has 5 nitrogen and oxygen atoms in total. The Bertz CT molecular complexity index is 893. The van der Waals surface area contributed by atoms with Gasteiger partial charge in [-0.15, -0.1) is 0 Å². The molecule has 0 radical (unpaired) electrons. The van der Waals surface area contributed by atoms with Gasteiger partial charge in [0, 0.05) is 0 Å². The van der Waals surface area contributed by atoms with Crippen molar-refractivity contribution in [2.75, 3.05) is 0 Å². The molecule has 0 aromatic heterocycles. The van der Waals surface area contributed by atoms with Gasteiger partial charge in [-0.3, -0.25) is 4.79 Å². The average molecular weight is 437 g/mol. The molecule has 0 bridgehead atoms. The second-order valence-electron chi connectivity index (χ2n) is 7.72. The molecule has 2 aromatic rings. The first-order valence-corrected chi connectivity index (χ1v) is 9.86. The van der Waals surface area contributed by atoms with E-state index in [1.165, 1.54) is 24.3 Å². The monoisotopic (exact) mass is 437 g/mol. The molecule has 0 saturated heterocycles. The Morgan fingerprint density at radius 3 is 1.87 bits per heavy atom. The molecular formula is C23H26F3NO4. The number of carbonyl (C=O) groups excluding carboxylic acids is 1. The van der Waals surface area contributed by atoms with Gasteiger partial charge in [0.1, 0.15) is 6.10 Å². The summed E-state index contributed by atoms with van der Waals surface area (Å²) in [6.07, 6.45) is -5.83. The molecule has 8 heteroatoms. The summed E-state index contributed by atoms with van der Waals surface area (Å²) < 4.78 is 44.2. The molecule has 3 atom stereocenters. The number of nitrogens with one attached hydrogen (secondary N) is 1. The molecule has 168 valence electrons. The summed E-state index contributed by atoms with van der Waals surface area (Å²) in [6.45, 7) is 7.08. The number of carboxylic acid groups (broad SMARTS) is 1. The second-order valence-corrected chi connectivity index (χ2v) is 7.72. The summed E-state index contributed by atoms with van der Waals surface area (Å²) in [5, 5.41) is 11.8. The summed E-state index contributed by atoms with van der Waals surface area (Å²) in [5.74, 6) is -1.57. The number of halogens is 3. The van der Waals surface area contributed by atoms with Gasteiger partial charge in [0.05, 0.1) is 23.3 Å². The number of hydrogen-bond acceptors (Lipinski definition) is 3. The number of ether oxygens (including phenoxy) is 1. The summed E-state index contributed by atoms with van der Waals surface area (Å²) in [6, 6.07) is 10.5. The predicted octanol–water partition coefficient (Wildman–Crippen LogP) is 5.38. The van der Waals surface area contributed by atoms with Crippen molar-refractivity contribution in [3.05, 3.63) is 70.8 Å². The lowest BCUT2D eigenvalue weighted by Gasteiger charge is -2.27. The van der Waals surface area contributed by atoms with Crippen LogP contribution < -0.4 is 5.32 Å². The van der Waals surface area contributed by atoms with E-state index in [2.05, 4.69) is 5.32 Å². The summed E-state index contributed by atoms with van der Waals surface area (Å²) in [4.78, 5) is 23.8. The Labute approximate surface area is 179 Å². The Hall–Kier alpha value is -2.87. The molecule has 0 aliphatic carbocycles.